The van der Waals surface area contributed by atoms with Crippen molar-refractivity contribution in [3.05, 3.63) is 65.4 Å². The Morgan fingerprint density at radius 1 is 1.11 bits per heavy atom. The number of benzene rings is 2. The van der Waals surface area contributed by atoms with Gasteiger partial charge in [-0.1, -0.05) is 24.2 Å². The molecule has 0 atom stereocenters. The third-order valence-corrected chi connectivity index (χ3v) is 5.66. The summed E-state index contributed by atoms with van der Waals surface area (Å²) in [6.45, 7) is 5.16. The smallest absolute Gasteiger partial charge is 0.262 e. The van der Waals surface area contributed by atoms with Crippen LogP contribution in [0.5, 0.6) is 0 Å². The predicted octanol–water partition coefficient (Wildman–Crippen LogP) is 4.22. The number of aromatic nitrogens is 1. The average molecular weight is 384 g/mol. The van der Waals surface area contributed by atoms with Gasteiger partial charge in [0.15, 0.2) is 11.5 Å². The molecule has 0 bridgehead atoms. The molecule has 0 spiro atoms. The summed E-state index contributed by atoms with van der Waals surface area (Å²) in [6, 6.07) is 13.3. The maximum atomic E-state index is 13.0. The number of hydrogen-bond acceptors (Lipinski definition) is 5. The van der Waals surface area contributed by atoms with Crippen LogP contribution in [0, 0.1) is 6.92 Å². The van der Waals surface area contributed by atoms with E-state index in [9.17, 15) is 13.2 Å². The van der Waals surface area contributed by atoms with E-state index in [2.05, 4.69) is 9.88 Å². The van der Waals surface area contributed by atoms with Crippen LogP contribution in [0.25, 0.3) is 11.3 Å². The molecule has 0 saturated carbocycles. The van der Waals surface area contributed by atoms with Crippen LogP contribution in [-0.2, 0) is 16.4 Å². The number of hydrogen-bond donors (Lipinski definition) is 1. The van der Waals surface area contributed by atoms with Crippen molar-refractivity contribution >= 4 is 21.5 Å². The van der Waals surface area contributed by atoms with Gasteiger partial charge in [-0.05, 0) is 56.2 Å². The summed E-state index contributed by atoms with van der Waals surface area (Å²) in [5.74, 6) is 0.435. The lowest BCUT2D eigenvalue weighted by atomic mass is 10.1. The minimum atomic E-state index is -3.81. The summed E-state index contributed by atoms with van der Waals surface area (Å²) in [5, 5.41) is 3.85. The van der Waals surface area contributed by atoms with Crippen molar-refractivity contribution in [2.75, 3.05) is 4.72 Å². The second kappa shape index (κ2) is 7.36. The molecule has 1 aromatic heterocycles. The van der Waals surface area contributed by atoms with Gasteiger partial charge in [-0.3, -0.25) is 9.52 Å². The summed E-state index contributed by atoms with van der Waals surface area (Å²) in [4.78, 5) is 11.6. The Kier molecular flexibility index (Phi) is 5.14. The SMILES string of the molecule is CCc1ccc(-c2cc(C)no2)cc1S(=O)(=O)Nc1ccc(C(C)=O)cc1. The van der Waals surface area contributed by atoms with Crippen molar-refractivity contribution < 1.29 is 17.7 Å². The molecule has 1 N–H and O–H groups in total. The molecule has 1 heterocycles. The molecule has 6 nitrogen and oxygen atoms in total. The predicted molar refractivity (Wildman–Crippen MR) is 103 cm³/mol. The van der Waals surface area contributed by atoms with E-state index >= 15 is 0 Å². The van der Waals surface area contributed by atoms with Crippen LogP contribution in [0.4, 0.5) is 5.69 Å². The zero-order valence-electron chi connectivity index (χ0n) is 15.3. The number of nitrogens with zero attached hydrogens (tertiary/aromatic N) is 1. The van der Waals surface area contributed by atoms with Gasteiger partial charge in [-0.25, -0.2) is 8.42 Å². The fraction of sp³-hybridized carbons (Fsp3) is 0.200. The van der Waals surface area contributed by atoms with Crippen molar-refractivity contribution in [2.45, 2.75) is 32.1 Å². The van der Waals surface area contributed by atoms with Gasteiger partial charge in [-0.15, -0.1) is 0 Å². The van der Waals surface area contributed by atoms with Gasteiger partial charge in [0, 0.05) is 22.9 Å². The number of aryl methyl sites for hydroxylation is 2. The van der Waals surface area contributed by atoms with Crippen LogP contribution in [-0.4, -0.2) is 19.4 Å². The fourth-order valence-corrected chi connectivity index (χ4v) is 4.13. The first kappa shape index (κ1) is 18.8. The zero-order chi connectivity index (χ0) is 19.6. The molecule has 2 aromatic carbocycles. The molecule has 140 valence electrons. The van der Waals surface area contributed by atoms with Crippen molar-refractivity contribution in [1.82, 2.24) is 5.16 Å². The van der Waals surface area contributed by atoms with Gasteiger partial charge in [0.05, 0.1) is 10.6 Å². The number of carbonyl (C=O) groups excluding carboxylic acids is 1. The summed E-state index contributed by atoms with van der Waals surface area (Å²) in [5.41, 5.74) is 2.97. The number of ketones is 1. The van der Waals surface area contributed by atoms with Crippen LogP contribution >= 0.6 is 0 Å². The van der Waals surface area contributed by atoms with E-state index in [-0.39, 0.29) is 10.7 Å². The lowest BCUT2D eigenvalue weighted by molar-refractivity contribution is 0.101. The molecule has 0 amide bonds. The number of nitrogens with one attached hydrogen (secondary N) is 1. The largest absolute Gasteiger partial charge is 0.356 e. The van der Waals surface area contributed by atoms with E-state index in [1.54, 1.807) is 49.4 Å². The first-order valence-electron chi connectivity index (χ1n) is 8.50. The minimum absolute atomic E-state index is 0.0762. The molecule has 3 aromatic rings. The van der Waals surface area contributed by atoms with Gasteiger partial charge in [0.2, 0.25) is 0 Å². The van der Waals surface area contributed by atoms with Gasteiger partial charge in [-0.2, -0.15) is 0 Å². The fourth-order valence-electron chi connectivity index (χ4n) is 2.73. The number of rotatable bonds is 6. The molecule has 0 aliphatic heterocycles. The Balaban J connectivity index is 1.98. The molecule has 0 fully saturated rings. The zero-order valence-corrected chi connectivity index (χ0v) is 16.1. The van der Waals surface area contributed by atoms with Gasteiger partial charge in [0.25, 0.3) is 10.0 Å². The highest BCUT2D eigenvalue weighted by molar-refractivity contribution is 7.92. The van der Waals surface area contributed by atoms with Gasteiger partial charge in [0.1, 0.15) is 0 Å². The van der Waals surface area contributed by atoms with E-state index < -0.39 is 10.0 Å². The molecular weight excluding hydrogens is 364 g/mol. The van der Waals surface area contributed by atoms with Crippen molar-refractivity contribution in [3.63, 3.8) is 0 Å². The van der Waals surface area contributed by atoms with Crippen LogP contribution in [0.1, 0.15) is 35.5 Å². The normalized spacial score (nSPS) is 11.4. The maximum absolute atomic E-state index is 13.0. The van der Waals surface area contributed by atoms with E-state index in [1.165, 1.54) is 6.92 Å². The molecule has 0 unspecified atom stereocenters. The van der Waals surface area contributed by atoms with Crippen molar-refractivity contribution in [2.24, 2.45) is 0 Å². The number of sulfonamides is 1. The Labute approximate surface area is 158 Å². The Morgan fingerprint density at radius 2 is 1.81 bits per heavy atom. The van der Waals surface area contributed by atoms with E-state index in [4.69, 9.17) is 4.52 Å². The monoisotopic (exact) mass is 384 g/mol. The second-order valence-electron chi connectivity index (χ2n) is 6.25. The Bertz CT molecular complexity index is 1080. The highest BCUT2D eigenvalue weighted by Gasteiger charge is 2.20. The first-order chi connectivity index (χ1) is 12.8. The van der Waals surface area contributed by atoms with Crippen LogP contribution < -0.4 is 4.72 Å². The standard InChI is InChI=1S/C20H20N2O4S/c1-4-15-5-6-17(19-11-13(2)21-26-19)12-20(15)27(24,25)22-18-9-7-16(8-10-18)14(3)23/h5-12,22H,4H2,1-3H3. The first-order valence-corrected chi connectivity index (χ1v) is 9.99. The quantitative estimate of drug-likeness (QED) is 0.643. The number of anilines is 1. The molecule has 0 saturated heterocycles. The summed E-state index contributed by atoms with van der Waals surface area (Å²) in [7, 11) is -3.81. The summed E-state index contributed by atoms with van der Waals surface area (Å²) < 4.78 is 33.8. The number of Topliss-reactive ketones (excluding diaryl/α,β-unsaturated/α-hetero) is 1. The van der Waals surface area contributed by atoms with Gasteiger partial charge >= 0.3 is 0 Å². The lowest BCUT2D eigenvalue weighted by Crippen LogP contribution is -2.15. The number of carbonyl (C=O) groups is 1. The third kappa shape index (κ3) is 4.09. The topological polar surface area (TPSA) is 89.3 Å². The second-order valence-corrected chi connectivity index (χ2v) is 7.90. The summed E-state index contributed by atoms with van der Waals surface area (Å²) in [6.07, 6.45) is 0.565. The molecule has 0 radical (unpaired) electrons. The Hall–Kier alpha value is -2.93. The van der Waals surface area contributed by atoms with Crippen LogP contribution in [0.2, 0.25) is 0 Å². The average Bonchev–Trinajstić information content (AvgIpc) is 3.07. The van der Waals surface area contributed by atoms with Crippen LogP contribution in [0.15, 0.2) is 57.9 Å². The van der Waals surface area contributed by atoms with E-state index in [0.717, 1.165) is 5.69 Å². The highest BCUT2D eigenvalue weighted by Crippen LogP contribution is 2.28. The molecule has 0 aliphatic rings. The minimum Gasteiger partial charge on any atom is -0.356 e. The molecule has 0 aliphatic carbocycles. The summed E-state index contributed by atoms with van der Waals surface area (Å²) >= 11 is 0. The van der Waals surface area contributed by atoms with E-state index in [0.29, 0.717) is 34.6 Å². The van der Waals surface area contributed by atoms with Crippen molar-refractivity contribution in [1.29, 1.82) is 0 Å². The molecular formula is C20H20N2O4S. The van der Waals surface area contributed by atoms with Crippen LogP contribution in [0.3, 0.4) is 0 Å². The molecule has 27 heavy (non-hydrogen) atoms. The highest BCUT2D eigenvalue weighted by atomic mass is 32.2. The molecule has 7 heteroatoms. The lowest BCUT2D eigenvalue weighted by Gasteiger charge is -2.13. The van der Waals surface area contributed by atoms with Gasteiger partial charge < -0.3 is 4.52 Å². The molecule has 3 rings (SSSR count). The Morgan fingerprint density at radius 3 is 2.37 bits per heavy atom. The third-order valence-electron chi connectivity index (χ3n) is 4.19. The maximum Gasteiger partial charge on any atom is 0.262 e. The van der Waals surface area contributed by atoms with E-state index in [1.807, 2.05) is 13.0 Å². The van der Waals surface area contributed by atoms with Crippen molar-refractivity contribution in [3.8, 4) is 11.3 Å².